The Morgan fingerprint density at radius 1 is 1.11 bits per heavy atom. The van der Waals surface area contributed by atoms with Gasteiger partial charge in [-0.05, 0) is 37.7 Å². The molecule has 0 radical (unpaired) electrons. The lowest BCUT2D eigenvalue weighted by Crippen LogP contribution is -2.12. The van der Waals surface area contributed by atoms with Gasteiger partial charge in [0.25, 0.3) is 0 Å². The van der Waals surface area contributed by atoms with Gasteiger partial charge in [0, 0.05) is 12.2 Å². The highest BCUT2D eigenvalue weighted by molar-refractivity contribution is 5.60. The zero-order valence-corrected chi connectivity index (χ0v) is 10.2. The van der Waals surface area contributed by atoms with Crippen molar-refractivity contribution in [1.82, 2.24) is 10.3 Å². The van der Waals surface area contributed by atoms with Gasteiger partial charge in [0.2, 0.25) is 0 Å². The second kappa shape index (κ2) is 5.23. The SMILES string of the molecule is CNC(C)c1ccc(-c2c(F)cccc2F)nc1. The summed E-state index contributed by atoms with van der Waals surface area (Å²) in [6, 6.07) is 7.39. The Bertz CT molecular complexity index is 518. The fourth-order valence-corrected chi connectivity index (χ4v) is 1.72. The lowest BCUT2D eigenvalue weighted by molar-refractivity contribution is 0.588. The maximum Gasteiger partial charge on any atom is 0.135 e. The third-order valence-corrected chi connectivity index (χ3v) is 2.94. The Morgan fingerprint density at radius 3 is 2.28 bits per heavy atom. The standard InChI is InChI=1S/C14H14F2N2/c1-9(17-2)10-6-7-13(18-8-10)14-11(15)4-3-5-12(14)16/h3-9,17H,1-2H3. The molecule has 1 aromatic carbocycles. The van der Waals surface area contributed by atoms with E-state index in [1.165, 1.54) is 18.2 Å². The maximum atomic E-state index is 13.6. The number of halogens is 2. The summed E-state index contributed by atoms with van der Waals surface area (Å²) in [4.78, 5) is 4.12. The van der Waals surface area contributed by atoms with Gasteiger partial charge in [-0.3, -0.25) is 4.98 Å². The molecule has 1 N–H and O–H groups in total. The van der Waals surface area contributed by atoms with Gasteiger partial charge in [0.15, 0.2) is 0 Å². The predicted octanol–water partition coefficient (Wildman–Crippen LogP) is 3.31. The summed E-state index contributed by atoms with van der Waals surface area (Å²) < 4.78 is 27.1. The fourth-order valence-electron chi connectivity index (χ4n) is 1.72. The number of hydrogen-bond donors (Lipinski definition) is 1. The molecule has 0 aliphatic rings. The van der Waals surface area contributed by atoms with Crippen molar-refractivity contribution < 1.29 is 8.78 Å². The Kier molecular flexibility index (Phi) is 3.67. The summed E-state index contributed by atoms with van der Waals surface area (Å²) in [5.41, 5.74) is 1.19. The van der Waals surface area contributed by atoms with E-state index in [1.807, 2.05) is 20.0 Å². The topological polar surface area (TPSA) is 24.9 Å². The molecule has 1 heterocycles. The van der Waals surface area contributed by atoms with Crippen molar-refractivity contribution in [2.45, 2.75) is 13.0 Å². The summed E-state index contributed by atoms with van der Waals surface area (Å²) in [5, 5.41) is 3.08. The van der Waals surface area contributed by atoms with E-state index in [0.717, 1.165) is 5.56 Å². The first-order valence-electron chi connectivity index (χ1n) is 5.71. The molecule has 0 bridgehead atoms. The Morgan fingerprint density at radius 2 is 1.78 bits per heavy atom. The van der Waals surface area contributed by atoms with Crippen LogP contribution in [0.1, 0.15) is 18.5 Å². The molecule has 0 amide bonds. The van der Waals surface area contributed by atoms with Gasteiger partial charge in [-0.15, -0.1) is 0 Å². The van der Waals surface area contributed by atoms with Gasteiger partial charge >= 0.3 is 0 Å². The third kappa shape index (κ3) is 2.38. The van der Waals surface area contributed by atoms with Crippen LogP contribution < -0.4 is 5.32 Å². The molecule has 1 aromatic heterocycles. The molecule has 0 spiro atoms. The molecule has 18 heavy (non-hydrogen) atoms. The molecule has 1 unspecified atom stereocenters. The molecule has 0 fully saturated rings. The minimum absolute atomic E-state index is 0.0823. The summed E-state index contributed by atoms with van der Waals surface area (Å²) >= 11 is 0. The van der Waals surface area contributed by atoms with Crippen LogP contribution in [0.3, 0.4) is 0 Å². The van der Waals surface area contributed by atoms with Gasteiger partial charge in [-0.25, -0.2) is 8.78 Å². The van der Waals surface area contributed by atoms with Crippen molar-refractivity contribution in [3.63, 3.8) is 0 Å². The van der Waals surface area contributed by atoms with Crippen molar-refractivity contribution in [3.8, 4) is 11.3 Å². The van der Waals surface area contributed by atoms with Crippen LogP contribution in [0.5, 0.6) is 0 Å². The average Bonchev–Trinajstić information content (AvgIpc) is 2.38. The van der Waals surface area contributed by atoms with E-state index in [1.54, 1.807) is 12.3 Å². The summed E-state index contributed by atoms with van der Waals surface area (Å²) in [6.07, 6.45) is 1.63. The van der Waals surface area contributed by atoms with Crippen LogP contribution in [0, 0.1) is 11.6 Å². The lowest BCUT2D eigenvalue weighted by atomic mass is 10.1. The second-order valence-electron chi connectivity index (χ2n) is 4.08. The highest BCUT2D eigenvalue weighted by atomic mass is 19.1. The molecule has 0 aliphatic carbocycles. The van der Waals surface area contributed by atoms with E-state index in [0.29, 0.717) is 5.69 Å². The first-order valence-corrected chi connectivity index (χ1v) is 5.71. The normalized spacial score (nSPS) is 12.4. The quantitative estimate of drug-likeness (QED) is 0.901. The van der Waals surface area contributed by atoms with Gasteiger partial charge in [-0.1, -0.05) is 12.1 Å². The first-order chi connectivity index (χ1) is 8.63. The zero-order valence-electron chi connectivity index (χ0n) is 10.2. The van der Waals surface area contributed by atoms with Gasteiger partial charge in [0.05, 0.1) is 11.3 Å². The van der Waals surface area contributed by atoms with Crippen LogP contribution >= 0.6 is 0 Å². The van der Waals surface area contributed by atoms with E-state index < -0.39 is 11.6 Å². The fraction of sp³-hybridized carbons (Fsp3) is 0.214. The van der Waals surface area contributed by atoms with E-state index in [-0.39, 0.29) is 11.6 Å². The number of benzene rings is 1. The van der Waals surface area contributed by atoms with Crippen molar-refractivity contribution in [2.75, 3.05) is 7.05 Å². The third-order valence-electron chi connectivity index (χ3n) is 2.94. The molecule has 94 valence electrons. The summed E-state index contributed by atoms with van der Waals surface area (Å²) in [5.74, 6) is -1.20. The number of pyridine rings is 1. The molecule has 4 heteroatoms. The Balaban J connectivity index is 2.41. The molecule has 0 saturated heterocycles. The van der Waals surface area contributed by atoms with Crippen molar-refractivity contribution >= 4 is 0 Å². The van der Waals surface area contributed by atoms with Crippen LogP contribution in [0.15, 0.2) is 36.5 Å². The first kappa shape index (κ1) is 12.6. The lowest BCUT2D eigenvalue weighted by Gasteiger charge is -2.11. The van der Waals surface area contributed by atoms with Gasteiger partial charge in [-0.2, -0.15) is 0 Å². The van der Waals surface area contributed by atoms with Crippen molar-refractivity contribution in [3.05, 3.63) is 53.7 Å². The highest BCUT2D eigenvalue weighted by Gasteiger charge is 2.12. The second-order valence-corrected chi connectivity index (χ2v) is 4.08. The highest BCUT2D eigenvalue weighted by Crippen LogP contribution is 2.24. The number of aromatic nitrogens is 1. The molecule has 2 nitrogen and oxygen atoms in total. The van der Waals surface area contributed by atoms with E-state index in [4.69, 9.17) is 0 Å². The van der Waals surface area contributed by atoms with Crippen molar-refractivity contribution in [1.29, 1.82) is 0 Å². The molecular weight excluding hydrogens is 234 g/mol. The minimum atomic E-state index is -0.600. The Hall–Kier alpha value is -1.81. The number of nitrogens with zero attached hydrogens (tertiary/aromatic N) is 1. The summed E-state index contributed by atoms with van der Waals surface area (Å²) in [7, 11) is 1.84. The molecular formula is C14H14F2N2. The monoisotopic (exact) mass is 248 g/mol. The largest absolute Gasteiger partial charge is 0.313 e. The minimum Gasteiger partial charge on any atom is -0.313 e. The predicted molar refractivity (Wildman–Crippen MR) is 67.1 cm³/mol. The number of rotatable bonds is 3. The van der Waals surface area contributed by atoms with Crippen LogP contribution in [0.25, 0.3) is 11.3 Å². The smallest absolute Gasteiger partial charge is 0.135 e. The molecule has 2 rings (SSSR count). The van der Waals surface area contributed by atoms with Crippen LogP contribution in [-0.2, 0) is 0 Å². The van der Waals surface area contributed by atoms with E-state index in [9.17, 15) is 8.78 Å². The zero-order chi connectivity index (χ0) is 13.1. The molecule has 1 atom stereocenters. The van der Waals surface area contributed by atoms with Gasteiger partial charge < -0.3 is 5.32 Å². The van der Waals surface area contributed by atoms with Gasteiger partial charge in [0.1, 0.15) is 11.6 Å². The van der Waals surface area contributed by atoms with Crippen LogP contribution in [-0.4, -0.2) is 12.0 Å². The Labute approximate surface area is 105 Å². The van der Waals surface area contributed by atoms with Crippen LogP contribution in [0.4, 0.5) is 8.78 Å². The summed E-state index contributed by atoms with van der Waals surface area (Å²) in [6.45, 7) is 1.99. The van der Waals surface area contributed by atoms with E-state index in [2.05, 4.69) is 10.3 Å². The maximum absolute atomic E-state index is 13.6. The average molecular weight is 248 g/mol. The van der Waals surface area contributed by atoms with E-state index >= 15 is 0 Å². The number of nitrogens with one attached hydrogen (secondary N) is 1. The van der Waals surface area contributed by atoms with Crippen LogP contribution in [0.2, 0.25) is 0 Å². The number of hydrogen-bond acceptors (Lipinski definition) is 2. The molecule has 2 aromatic rings. The van der Waals surface area contributed by atoms with Crippen molar-refractivity contribution in [2.24, 2.45) is 0 Å². The molecule has 0 aliphatic heterocycles. The molecule has 0 saturated carbocycles.